The third kappa shape index (κ3) is 6.49. The van der Waals surface area contributed by atoms with Crippen molar-refractivity contribution in [3.63, 3.8) is 0 Å². The van der Waals surface area contributed by atoms with Crippen molar-refractivity contribution in [2.45, 2.75) is 76.0 Å². The predicted molar refractivity (Wildman–Crippen MR) is 249 cm³/mol. The fourth-order valence-electron chi connectivity index (χ4n) is 10.8. The monoisotopic (exact) mass is 764 g/mol. The molecule has 1 heterocycles. The van der Waals surface area contributed by atoms with Crippen molar-refractivity contribution in [2.24, 2.45) is 0 Å². The van der Waals surface area contributed by atoms with Crippen LogP contribution in [0.25, 0.3) is 43.8 Å². The van der Waals surface area contributed by atoms with E-state index in [4.69, 9.17) is 4.42 Å². The molecule has 2 atom stereocenters. The van der Waals surface area contributed by atoms with E-state index < -0.39 is 0 Å². The number of hydrogen-bond donors (Lipinski definition) is 0. The molecular formula is C58H52O. The largest absolute Gasteiger partial charge is 0.456 e. The topological polar surface area (TPSA) is 13.1 Å². The summed E-state index contributed by atoms with van der Waals surface area (Å²) in [5.74, 6) is 0.880. The number of rotatable bonds is 12. The molecule has 290 valence electrons. The Kier molecular flexibility index (Phi) is 9.77. The number of furan rings is 1. The van der Waals surface area contributed by atoms with Crippen molar-refractivity contribution in [3.8, 4) is 11.1 Å². The van der Waals surface area contributed by atoms with Crippen LogP contribution in [0.5, 0.6) is 0 Å². The van der Waals surface area contributed by atoms with E-state index in [1.54, 1.807) is 0 Å². The van der Waals surface area contributed by atoms with E-state index >= 15 is 0 Å². The molecule has 9 aromatic rings. The van der Waals surface area contributed by atoms with E-state index in [1.165, 1.54) is 77.2 Å². The van der Waals surface area contributed by atoms with E-state index in [-0.39, 0.29) is 17.3 Å². The fourth-order valence-corrected chi connectivity index (χ4v) is 10.8. The predicted octanol–water partition coefficient (Wildman–Crippen LogP) is 15.7. The lowest BCUT2D eigenvalue weighted by atomic mass is 9.71. The Morgan fingerprint density at radius 1 is 0.492 bits per heavy atom. The van der Waals surface area contributed by atoms with Crippen molar-refractivity contribution < 1.29 is 4.42 Å². The zero-order chi connectivity index (χ0) is 39.9. The molecule has 0 amide bonds. The Balaban J connectivity index is 1.05. The van der Waals surface area contributed by atoms with Crippen molar-refractivity contribution in [2.75, 3.05) is 0 Å². The smallest absolute Gasteiger partial charge is 0.135 e. The molecule has 1 nitrogen and oxygen atoms in total. The third-order valence-electron chi connectivity index (χ3n) is 14.0. The summed E-state index contributed by atoms with van der Waals surface area (Å²) in [5.41, 5.74) is 16.1. The minimum Gasteiger partial charge on any atom is -0.456 e. The van der Waals surface area contributed by atoms with Gasteiger partial charge < -0.3 is 4.42 Å². The van der Waals surface area contributed by atoms with Crippen LogP contribution in [0, 0.1) is 0 Å². The van der Waals surface area contributed by atoms with Crippen molar-refractivity contribution in [1.82, 2.24) is 0 Å². The van der Waals surface area contributed by atoms with Crippen LogP contribution < -0.4 is 0 Å². The minimum absolute atomic E-state index is 0.0560. The van der Waals surface area contributed by atoms with Crippen LogP contribution >= 0.6 is 0 Å². The molecule has 0 radical (unpaired) electrons. The lowest BCUT2D eigenvalue weighted by Gasteiger charge is -2.32. The SMILES string of the molecule is CCC1(CC)c2cc(C(C)C(Cc3ccccc3)c3ccc4c(c3)oc3ccccc34)ccc2-c2c1cc(CCC(c1ccccc1)c1ccccc1)c1ccccc21. The maximum atomic E-state index is 6.45. The van der Waals surface area contributed by atoms with Gasteiger partial charge in [-0.2, -0.15) is 0 Å². The highest BCUT2D eigenvalue weighted by Gasteiger charge is 2.42. The van der Waals surface area contributed by atoms with Gasteiger partial charge in [-0.05, 0) is 122 Å². The van der Waals surface area contributed by atoms with Gasteiger partial charge in [-0.1, -0.05) is 191 Å². The first-order valence-corrected chi connectivity index (χ1v) is 21.8. The van der Waals surface area contributed by atoms with Crippen LogP contribution in [0.1, 0.15) is 102 Å². The van der Waals surface area contributed by atoms with Crippen LogP contribution in [-0.2, 0) is 18.3 Å². The molecule has 1 aromatic heterocycles. The first kappa shape index (κ1) is 37.1. The summed E-state index contributed by atoms with van der Waals surface area (Å²) in [6, 6.07) is 67.9. The zero-order valence-electron chi connectivity index (χ0n) is 34.5. The summed E-state index contributed by atoms with van der Waals surface area (Å²) in [6.07, 6.45) is 5.15. The van der Waals surface area contributed by atoms with Gasteiger partial charge in [0.25, 0.3) is 0 Å². The van der Waals surface area contributed by atoms with Crippen molar-refractivity contribution in [3.05, 3.63) is 226 Å². The second-order valence-corrected chi connectivity index (χ2v) is 16.9. The summed E-state index contributed by atoms with van der Waals surface area (Å²) < 4.78 is 6.45. The van der Waals surface area contributed by atoms with E-state index in [2.05, 4.69) is 203 Å². The second-order valence-electron chi connectivity index (χ2n) is 16.9. The Labute approximate surface area is 349 Å². The summed E-state index contributed by atoms with van der Waals surface area (Å²) in [7, 11) is 0. The van der Waals surface area contributed by atoms with Crippen LogP contribution in [0.3, 0.4) is 0 Å². The molecule has 59 heavy (non-hydrogen) atoms. The number of fused-ring (bicyclic) bond motifs is 8. The van der Waals surface area contributed by atoms with Crippen LogP contribution in [-0.4, -0.2) is 0 Å². The molecule has 0 N–H and O–H groups in total. The maximum Gasteiger partial charge on any atom is 0.135 e. The average Bonchev–Trinajstić information content (AvgIpc) is 3.81. The summed E-state index contributed by atoms with van der Waals surface area (Å²) in [4.78, 5) is 0. The summed E-state index contributed by atoms with van der Waals surface area (Å²) in [6.45, 7) is 7.27. The molecule has 0 bridgehead atoms. The lowest BCUT2D eigenvalue weighted by molar-refractivity contribution is 0.488. The van der Waals surface area contributed by atoms with Gasteiger partial charge in [-0.15, -0.1) is 0 Å². The molecule has 0 spiro atoms. The quantitative estimate of drug-likeness (QED) is 0.121. The Morgan fingerprint density at radius 3 is 1.78 bits per heavy atom. The molecule has 1 aliphatic rings. The Bertz CT molecular complexity index is 2860. The lowest BCUT2D eigenvalue weighted by Crippen LogP contribution is -2.24. The Morgan fingerprint density at radius 2 is 1.08 bits per heavy atom. The van der Waals surface area contributed by atoms with Gasteiger partial charge in [0.05, 0.1) is 0 Å². The van der Waals surface area contributed by atoms with Gasteiger partial charge in [-0.3, -0.25) is 0 Å². The fraction of sp³-hybridized carbons (Fsp3) is 0.207. The molecule has 0 aliphatic heterocycles. The van der Waals surface area contributed by atoms with Crippen LogP contribution in [0.15, 0.2) is 186 Å². The molecule has 0 saturated carbocycles. The van der Waals surface area contributed by atoms with Gasteiger partial charge in [0.15, 0.2) is 0 Å². The van der Waals surface area contributed by atoms with Crippen molar-refractivity contribution in [1.29, 1.82) is 0 Å². The van der Waals surface area contributed by atoms with Gasteiger partial charge in [0.2, 0.25) is 0 Å². The number of aryl methyl sites for hydroxylation is 1. The maximum absolute atomic E-state index is 6.45. The normalized spacial score (nSPS) is 14.2. The number of hydrogen-bond acceptors (Lipinski definition) is 1. The molecular weight excluding hydrogens is 713 g/mol. The van der Waals surface area contributed by atoms with Crippen molar-refractivity contribution >= 4 is 32.7 Å². The third-order valence-corrected chi connectivity index (χ3v) is 14.0. The standard InChI is InChI=1S/C58H52O/c1-4-58(5-2)53-36-43(39(3)52(35-40-19-9-6-10-20-40)45-31-33-49-48-26-17-18-28-55(48)59-56(49)38-45)29-34-51(53)57-50-27-16-15-25-47(50)44(37-54(57)58)30-32-46(41-21-11-7-12-22-41)42-23-13-8-14-24-42/h6-29,31,33-34,36-39,46,52H,4-5,30,32,35H2,1-3H3. The highest BCUT2D eigenvalue weighted by molar-refractivity contribution is 6.05. The first-order chi connectivity index (χ1) is 29.1. The molecule has 10 rings (SSSR count). The first-order valence-electron chi connectivity index (χ1n) is 21.8. The van der Waals surface area contributed by atoms with E-state index in [0.29, 0.717) is 5.92 Å². The highest BCUT2D eigenvalue weighted by Crippen LogP contribution is 2.56. The highest BCUT2D eigenvalue weighted by atomic mass is 16.3. The van der Waals surface area contributed by atoms with Gasteiger partial charge in [0.1, 0.15) is 11.2 Å². The number of benzene rings is 8. The van der Waals surface area contributed by atoms with Gasteiger partial charge in [0, 0.05) is 22.1 Å². The molecule has 8 aromatic carbocycles. The minimum atomic E-state index is -0.0560. The summed E-state index contributed by atoms with van der Waals surface area (Å²) in [5, 5.41) is 5.14. The zero-order valence-corrected chi connectivity index (χ0v) is 34.5. The molecule has 0 fully saturated rings. The second kappa shape index (κ2) is 15.5. The van der Waals surface area contributed by atoms with Crippen LogP contribution in [0.4, 0.5) is 0 Å². The average molecular weight is 765 g/mol. The van der Waals surface area contributed by atoms with Crippen LogP contribution in [0.2, 0.25) is 0 Å². The molecule has 0 saturated heterocycles. The summed E-state index contributed by atoms with van der Waals surface area (Å²) >= 11 is 0. The van der Waals surface area contributed by atoms with E-state index in [1.807, 2.05) is 0 Å². The molecule has 2 unspecified atom stereocenters. The Hall–Kier alpha value is -6.18. The molecule has 1 heteroatoms. The number of para-hydroxylation sites is 1. The van der Waals surface area contributed by atoms with Gasteiger partial charge >= 0.3 is 0 Å². The van der Waals surface area contributed by atoms with Gasteiger partial charge in [-0.25, -0.2) is 0 Å². The van der Waals surface area contributed by atoms with E-state index in [0.717, 1.165) is 43.3 Å². The van der Waals surface area contributed by atoms with E-state index in [9.17, 15) is 0 Å². The molecule has 1 aliphatic carbocycles.